The quantitative estimate of drug-likeness (QED) is 0.507. The van der Waals surface area contributed by atoms with E-state index in [1.807, 2.05) is 0 Å². The normalized spacial score (nSPS) is 51.5. The van der Waals surface area contributed by atoms with Crippen LogP contribution < -0.4 is 0 Å². The van der Waals surface area contributed by atoms with Crippen molar-refractivity contribution in [1.82, 2.24) is 0 Å². The lowest BCUT2D eigenvalue weighted by Gasteiger charge is -2.65. The SMILES string of the molecule is CC1=CCC[C@]2(C)CC[C@H]3C(C)(C)C[C@]132. The van der Waals surface area contributed by atoms with Crippen molar-refractivity contribution < 1.29 is 0 Å². The highest BCUT2D eigenvalue weighted by Crippen LogP contribution is 2.78. The lowest BCUT2D eigenvalue weighted by molar-refractivity contribution is -0.118. The van der Waals surface area contributed by atoms with E-state index in [4.69, 9.17) is 0 Å². The van der Waals surface area contributed by atoms with Crippen molar-refractivity contribution in [3.8, 4) is 0 Å². The number of allylic oxidation sites excluding steroid dienone is 2. The van der Waals surface area contributed by atoms with Crippen LogP contribution in [0, 0.1) is 22.2 Å². The topological polar surface area (TPSA) is 0 Å². The molecule has 0 nitrogen and oxygen atoms in total. The third-order valence-electron chi connectivity index (χ3n) is 6.18. The molecule has 0 amide bonds. The number of hydrogen-bond donors (Lipinski definition) is 0. The molecule has 0 radical (unpaired) electrons. The lowest BCUT2D eigenvalue weighted by Crippen LogP contribution is -2.58. The summed E-state index contributed by atoms with van der Waals surface area (Å²) in [5.41, 5.74) is 3.61. The fourth-order valence-corrected chi connectivity index (χ4v) is 5.49. The van der Waals surface area contributed by atoms with Gasteiger partial charge in [0.25, 0.3) is 0 Å². The van der Waals surface area contributed by atoms with Crippen molar-refractivity contribution in [2.45, 2.75) is 59.8 Å². The first-order chi connectivity index (χ1) is 6.92. The van der Waals surface area contributed by atoms with Gasteiger partial charge in [0.1, 0.15) is 0 Å². The Morgan fingerprint density at radius 2 is 1.93 bits per heavy atom. The van der Waals surface area contributed by atoms with Crippen LogP contribution in [-0.2, 0) is 0 Å². The molecule has 3 aliphatic rings. The van der Waals surface area contributed by atoms with Crippen LogP contribution in [0.25, 0.3) is 0 Å². The maximum absolute atomic E-state index is 2.57. The van der Waals surface area contributed by atoms with Crippen LogP contribution >= 0.6 is 0 Å². The van der Waals surface area contributed by atoms with Crippen LogP contribution in [0.5, 0.6) is 0 Å². The fourth-order valence-electron chi connectivity index (χ4n) is 5.49. The summed E-state index contributed by atoms with van der Waals surface area (Å²) >= 11 is 0. The minimum absolute atomic E-state index is 0.615. The Morgan fingerprint density at radius 3 is 2.60 bits per heavy atom. The number of hydrogen-bond acceptors (Lipinski definition) is 0. The van der Waals surface area contributed by atoms with Gasteiger partial charge in [0.2, 0.25) is 0 Å². The highest BCUT2D eigenvalue weighted by molar-refractivity contribution is 5.32. The molecule has 3 rings (SSSR count). The van der Waals surface area contributed by atoms with Gasteiger partial charge in [0.05, 0.1) is 0 Å². The van der Waals surface area contributed by atoms with Crippen LogP contribution in [0.2, 0.25) is 0 Å². The maximum Gasteiger partial charge on any atom is 0.000146 e. The summed E-state index contributed by atoms with van der Waals surface area (Å²) in [5.74, 6) is 0.978. The van der Waals surface area contributed by atoms with Gasteiger partial charge in [-0.1, -0.05) is 32.4 Å². The second-order valence-corrected chi connectivity index (χ2v) is 7.21. The standard InChI is InChI=1S/C15H24/c1-11-6-5-8-14(4)9-7-12-13(2,3)10-15(11,12)14/h6,12H,5,7-10H2,1-4H3/t12-,14+,15-/m0/s1. The molecule has 0 heteroatoms. The fraction of sp³-hybridized carbons (Fsp3) is 0.867. The Morgan fingerprint density at radius 1 is 1.20 bits per heavy atom. The van der Waals surface area contributed by atoms with Crippen LogP contribution in [-0.4, -0.2) is 0 Å². The van der Waals surface area contributed by atoms with Crippen LogP contribution in [0.15, 0.2) is 11.6 Å². The van der Waals surface area contributed by atoms with Gasteiger partial charge in [-0.15, -0.1) is 0 Å². The lowest BCUT2D eigenvalue weighted by atomic mass is 9.39. The molecule has 3 atom stereocenters. The van der Waals surface area contributed by atoms with Crippen molar-refractivity contribution in [2.75, 3.05) is 0 Å². The van der Waals surface area contributed by atoms with E-state index in [2.05, 4.69) is 33.8 Å². The second-order valence-electron chi connectivity index (χ2n) is 7.21. The first-order valence-electron chi connectivity index (χ1n) is 6.60. The molecule has 0 aliphatic heterocycles. The first-order valence-corrected chi connectivity index (χ1v) is 6.60. The predicted molar refractivity (Wildman–Crippen MR) is 64.7 cm³/mol. The van der Waals surface area contributed by atoms with E-state index >= 15 is 0 Å². The van der Waals surface area contributed by atoms with Crippen molar-refractivity contribution >= 4 is 0 Å². The maximum atomic E-state index is 2.57. The van der Waals surface area contributed by atoms with E-state index < -0.39 is 0 Å². The zero-order valence-corrected chi connectivity index (χ0v) is 10.7. The van der Waals surface area contributed by atoms with E-state index in [-0.39, 0.29) is 0 Å². The molecule has 0 unspecified atom stereocenters. The molecule has 0 aromatic rings. The Balaban J connectivity index is 2.09. The van der Waals surface area contributed by atoms with Crippen LogP contribution in [0.1, 0.15) is 59.8 Å². The predicted octanol–water partition coefficient (Wildman–Crippen LogP) is 4.56. The molecule has 1 spiro atoms. The summed E-state index contributed by atoms with van der Waals surface area (Å²) in [4.78, 5) is 0. The molecule has 2 saturated carbocycles. The van der Waals surface area contributed by atoms with Gasteiger partial charge in [-0.2, -0.15) is 0 Å². The molecular formula is C15H24. The highest BCUT2D eigenvalue weighted by Gasteiger charge is 2.69. The van der Waals surface area contributed by atoms with E-state index in [9.17, 15) is 0 Å². The molecular weight excluding hydrogens is 180 g/mol. The molecule has 15 heavy (non-hydrogen) atoms. The molecule has 0 aromatic heterocycles. The zero-order valence-electron chi connectivity index (χ0n) is 10.7. The van der Waals surface area contributed by atoms with Crippen molar-refractivity contribution in [3.05, 3.63) is 11.6 Å². The summed E-state index contributed by atoms with van der Waals surface area (Å²) < 4.78 is 0. The van der Waals surface area contributed by atoms with Gasteiger partial charge >= 0.3 is 0 Å². The van der Waals surface area contributed by atoms with Gasteiger partial charge in [0.15, 0.2) is 0 Å². The Bertz CT molecular complexity index is 336. The van der Waals surface area contributed by atoms with Crippen LogP contribution in [0.4, 0.5) is 0 Å². The summed E-state index contributed by atoms with van der Waals surface area (Å²) in [6.45, 7) is 9.94. The smallest absolute Gasteiger partial charge is 0.000146 e. The molecule has 3 aliphatic carbocycles. The van der Waals surface area contributed by atoms with Gasteiger partial charge in [-0.25, -0.2) is 0 Å². The molecule has 0 bridgehead atoms. The molecule has 0 saturated heterocycles. The number of rotatable bonds is 0. The van der Waals surface area contributed by atoms with Gasteiger partial charge < -0.3 is 0 Å². The van der Waals surface area contributed by atoms with E-state index in [0.29, 0.717) is 16.2 Å². The molecule has 84 valence electrons. The third kappa shape index (κ3) is 0.905. The van der Waals surface area contributed by atoms with Crippen molar-refractivity contribution in [1.29, 1.82) is 0 Å². The van der Waals surface area contributed by atoms with Crippen molar-refractivity contribution in [3.63, 3.8) is 0 Å². The van der Waals surface area contributed by atoms with Crippen LogP contribution in [0.3, 0.4) is 0 Å². The largest absolute Gasteiger partial charge is 0.0850 e. The van der Waals surface area contributed by atoms with Gasteiger partial charge in [-0.05, 0) is 55.8 Å². The van der Waals surface area contributed by atoms with E-state index in [0.717, 1.165) is 5.92 Å². The molecule has 0 N–H and O–H groups in total. The van der Waals surface area contributed by atoms with E-state index in [1.54, 1.807) is 5.57 Å². The zero-order chi connectivity index (χ0) is 10.9. The minimum atomic E-state index is 0.615. The van der Waals surface area contributed by atoms with E-state index in [1.165, 1.54) is 32.1 Å². The molecule has 0 heterocycles. The summed E-state index contributed by atoms with van der Waals surface area (Å²) in [6.07, 6.45) is 9.72. The first kappa shape index (κ1) is 9.93. The monoisotopic (exact) mass is 204 g/mol. The minimum Gasteiger partial charge on any atom is -0.0850 e. The molecule has 2 fully saturated rings. The second kappa shape index (κ2) is 2.52. The summed E-state index contributed by atoms with van der Waals surface area (Å²) in [5, 5.41) is 0. The highest BCUT2D eigenvalue weighted by atomic mass is 14.7. The average Bonchev–Trinajstić information content (AvgIpc) is 2.37. The van der Waals surface area contributed by atoms with Crippen molar-refractivity contribution in [2.24, 2.45) is 22.2 Å². The summed E-state index contributed by atoms with van der Waals surface area (Å²) in [7, 11) is 0. The summed E-state index contributed by atoms with van der Waals surface area (Å²) in [6, 6.07) is 0. The molecule has 0 aromatic carbocycles. The van der Waals surface area contributed by atoms with Gasteiger partial charge in [-0.3, -0.25) is 0 Å². The average molecular weight is 204 g/mol. The Hall–Kier alpha value is -0.260. The Kier molecular flexibility index (Phi) is 1.67. The Labute approximate surface area is 94.1 Å². The third-order valence-corrected chi connectivity index (χ3v) is 6.18. The van der Waals surface area contributed by atoms with Gasteiger partial charge in [0, 0.05) is 5.41 Å².